The molecule has 2 aromatic heterocycles. The Morgan fingerprint density at radius 1 is 1.38 bits per heavy atom. The predicted octanol–water partition coefficient (Wildman–Crippen LogP) is 3.23. The number of thioether (sulfide) groups is 1. The number of fused-ring (bicyclic) bond motifs is 1. The smallest absolute Gasteiger partial charge is 0.316 e. The summed E-state index contributed by atoms with van der Waals surface area (Å²) in [7, 11) is 0. The van der Waals surface area contributed by atoms with Gasteiger partial charge in [-0.25, -0.2) is 9.97 Å². The number of anilines is 1. The fraction of sp³-hybridized carbons (Fsp3) is 0.500. The van der Waals surface area contributed by atoms with Crippen LogP contribution in [0.15, 0.2) is 0 Å². The van der Waals surface area contributed by atoms with E-state index in [1.165, 1.54) is 16.6 Å². The first-order valence-corrected chi connectivity index (χ1v) is 8.54. The van der Waals surface area contributed by atoms with Crippen molar-refractivity contribution in [2.24, 2.45) is 5.92 Å². The fourth-order valence-electron chi connectivity index (χ4n) is 2.10. The van der Waals surface area contributed by atoms with E-state index >= 15 is 0 Å². The van der Waals surface area contributed by atoms with Gasteiger partial charge in [0.15, 0.2) is 0 Å². The number of nitrogen functional groups attached to an aromatic ring is 1. The Morgan fingerprint density at radius 2 is 2.05 bits per heavy atom. The summed E-state index contributed by atoms with van der Waals surface area (Å²) in [5, 5.41) is 9.66. The van der Waals surface area contributed by atoms with E-state index in [0.29, 0.717) is 17.4 Å². The SMILES string of the molecule is Cc1sc2nc(CSC(C(=O)O)C(C)C)nc(N)c2c1C. The number of carboxylic acids is 1. The average molecular weight is 325 g/mol. The first-order chi connectivity index (χ1) is 9.81. The van der Waals surface area contributed by atoms with E-state index in [1.807, 2.05) is 27.7 Å². The maximum absolute atomic E-state index is 11.2. The maximum atomic E-state index is 11.2. The number of hydrogen-bond donors (Lipinski definition) is 2. The van der Waals surface area contributed by atoms with E-state index in [-0.39, 0.29) is 5.92 Å². The van der Waals surface area contributed by atoms with Gasteiger partial charge in [-0.1, -0.05) is 13.8 Å². The molecule has 2 rings (SSSR count). The summed E-state index contributed by atoms with van der Waals surface area (Å²) in [6.45, 7) is 7.85. The Labute approximate surface area is 132 Å². The number of aryl methyl sites for hydroxylation is 2. The van der Waals surface area contributed by atoms with Crippen molar-refractivity contribution in [3.8, 4) is 0 Å². The number of aliphatic carboxylic acids is 1. The Hall–Kier alpha value is -1.34. The third kappa shape index (κ3) is 3.29. The van der Waals surface area contributed by atoms with Crippen LogP contribution < -0.4 is 5.73 Å². The molecule has 114 valence electrons. The van der Waals surface area contributed by atoms with E-state index in [2.05, 4.69) is 9.97 Å². The summed E-state index contributed by atoms with van der Waals surface area (Å²) in [6.07, 6.45) is 0. The highest BCUT2D eigenvalue weighted by Crippen LogP contribution is 2.32. The molecule has 7 heteroatoms. The Balaban J connectivity index is 2.25. The molecule has 0 spiro atoms. The summed E-state index contributed by atoms with van der Waals surface area (Å²) < 4.78 is 0. The van der Waals surface area contributed by atoms with Crippen LogP contribution in [-0.2, 0) is 10.5 Å². The van der Waals surface area contributed by atoms with Gasteiger partial charge in [-0.15, -0.1) is 23.1 Å². The van der Waals surface area contributed by atoms with Crippen LogP contribution in [0.2, 0.25) is 0 Å². The molecule has 0 amide bonds. The van der Waals surface area contributed by atoms with Crippen molar-refractivity contribution < 1.29 is 9.90 Å². The predicted molar refractivity (Wildman–Crippen MR) is 88.9 cm³/mol. The standard InChI is InChI=1S/C14H19N3O2S2/c1-6(2)11(14(18)19)20-5-9-16-12(15)10-7(3)8(4)21-13(10)17-9/h6,11H,5H2,1-4H3,(H,18,19)(H2,15,16,17). The lowest BCUT2D eigenvalue weighted by Crippen LogP contribution is -2.22. The third-order valence-corrected chi connectivity index (χ3v) is 5.97. The number of carbonyl (C=O) groups is 1. The van der Waals surface area contributed by atoms with Gasteiger partial charge >= 0.3 is 5.97 Å². The molecule has 21 heavy (non-hydrogen) atoms. The normalized spacial score (nSPS) is 13.0. The number of nitrogens with zero attached hydrogens (tertiary/aromatic N) is 2. The van der Waals surface area contributed by atoms with Crippen LogP contribution in [0.5, 0.6) is 0 Å². The molecule has 1 atom stereocenters. The van der Waals surface area contributed by atoms with Gasteiger partial charge in [0.2, 0.25) is 0 Å². The highest BCUT2D eigenvalue weighted by atomic mass is 32.2. The lowest BCUT2D eigenvalue weighted by molar-refractivity contribution is -0.137. The molecule has 0 aromatic carbocycles. The summed E-state index contributed by atoms with van der Waals surface area (Å²) in [5.74, 6) is 0.782. The molecule has 0 fully saturated rings. The van der Waals surface area contributed by atoms with Gasteiger partial charge < -0.3 is 10.8 Å². The van der Waals surface area contributed by atoms with Gasteiger partial charge in [0.1, 0.15) is 21.7 Å². The van der Waals surface area contributed by atoms with Gasteiger partial charge in [0.05, 0.1) is 11.1 Å². The maximum Gasteiger partial charge on any atom is 0.316 e. The Bertz CT molecular complexity index is 682. The number of nitrogens with two attached hydrogens (primary N) is 1. The van der Waals surface area contributed by atoms with Crippen LogP contribution >= 0.6 is 23.1 Å². The van der Waals surface area contributed by atoms with Crippen molar-refractivity contribution in [3.63, 3.8) is 0 Å². The van der Waals surface area contributed by atoms with E-state index in [0.717, 1.165) is 15.8 Å². The lowest BCUT2D eigenvalue weighted by atomic mass is 10.1. The largest absolute Gasteiger partial charge is 0.480 e. The molecule has 3 N–H and O–H groups in total. The minimum absolute atomic E-state index is 0.0554. The minimum atomic E-state index is -0.799. The van der Waals surface area contributed by atoms with Gasteiger partial charge in [0.25, 0.3) is 0 Å². The van der Waals surface area contributed by atoms with Crippen LogP contribution in [0.4, 0.5) is 5.82 Å². The zero-order valence-corrected chi connectivity index (χ0v) is 14.1. The van der Waals surface area contributed by atoms with Crippen molar-refractivity contribution >= 4 is 45.1 Å². The van der Waals surface area contributed by atoms with Gasteiger partial charge in [-0.05, 0) is 25.3 Å². The number of rotatable bonds is 5. The lowest BCUT2D eigenvalue weighted by Gasteiger charge is -2.15. The first kappa shape index (κ1) is 16.0. The second-order valence-electron chi connectivity index (χ2n) is 5.30. The number of hydrogen-bond acceptors (Lipinski definition) is 6. The van der Waals surface area contributed by atoms with Gasteiger partial charge in [-0.2, -0.15) is 0 Å². The van der Waals surface area contributed by atoms with Crippen molar-refractivity contribution in [1.29, 1.82) is 0 Å². The van der Waals surface area contributed by atoms with E-state index < -0.39 is 11.2 Å². The molecule has 0 saturated heterocycles. The third-order valence-electron chi connectivity index (χ3n) is 3.34. The molecular formula is C14H19N3O2S2. The van der Waals surface area contributed by atoms with E-state index in [1.54, 1.807) is 11.3 Å². The minimum Gasteiger partial charge on any atom is -0.480 e. The first-order valence-electron chi connectivity index (χ1n) is 6.67. The number of aromatic nitrogens is 2. The summed E-state index contributed by atoms with van der Waals surface area (Å²) >= 11 is 2.94. The summed E-state index contributed by atoms with van der Waals surface area (Å²) in [4.78, 5) is 22.1. The summed E-state index contributed by atoms with van der Waals surface area (Å²) in [5.41, 5.74) is 7.15. The highest BCUT2D eigenvalue weighted by Gasteiger charge is 2.22. The zero-order valence-electron chi connectivity index (χ0n) is 12.5. The average Bonchev–Trinajstić information content (AvgIpc) is 2.64. The van der Waals surface area contributed by atoms with Crippen molar-refractivity contribution in [2.45, 2.75) is 38.7 Å². The van der Waals surface area contributed by atoms with Gasteiger partial charge in [-0.3, -0.25) is 4.79 Å². The molecule has 1 unspecified atom stereocenters. The molecule has 0 radical (unpaired) electrons. The molecule has 0 saturated carbocycles. The quantitative estimate of drug-likeness (QED) is 0.877. The fourth-order valence-corrected chi connectivity index (χ4v) is 4.15. The summed E-state index contributed by atoms with van der Waals surface area (Å²) in [6, 6.07) is 0. The topological polar surface area (TPSA) is 89.1 Å². The number of thiophene rings is 1. The van der Waals surface area contributed by atoms with E-state index in [9.17, 15) is 9.90 Å². The molecule has 0 aliphatic carbocycles. The Kier molecular flexibility index (Phi) is 4.73. The number of carboxylic acid groups (broad SMARTS) is 1. The van der Waals surface area contributed by atoms with Gasteiger partial charge in [0, 0.05) is 4.88 Å². The molecule has 0 aliphatic rings. The monoisotopic (exact) mass is 325 g/mol. The van der Waals surface area contributed by atoms with Crippen molar-refractivity contribution in [2.75, 3.05) is 5.73 Å². The molecular weight excluding hydrogens is 306 g/mol. The van der Waals surface area contributed by atoms with Crippen LogP contribution in [0, 0.1) is 19.8 Å². The van der Waals surface area contributed by atoms with Crippen molar-refractivity contribution in [3.05, 3.63) is 16.3 Å². The van der Waals surface area contributed by atoms with Crippen LogP contribution in [0.3, 0.4) is 0 Å². The second kappa shape index (κ2) is 6.19. The van der Waals surface area contributed by atoms with Crippen molar-refractivity contribution in [1.82, 2.24) is 9.97 Å². The molecule has 5 nitrogen and oxygen atoms in total. The molecule has 2 heterocycles. The van der Waals surface area contributed by atoms with E-state index in [4.69, 9.17) is 5.73 Å². The Morgan fingerprint density at radius 3 is 2.62 bits per heavy atom. The van der Waals surface area contributed by atoms with Crippen LogP contribution in [0.25, 0.3) is 10.2 Å². The second-order valence-corrected chi connectivity index (χ2v) is 7.64. The van der Waals surface area contributed by atoms with Crippen LogP contribution in [-0.4, -0.2) is 26.3 Å². The molecule has 0 aliphatic heterocycles. The molecule has 2 aromatic rings. The highest BCUT2D eigenvalue weighted by molar-refractivity contribution is 7.99. The van der Waals surface area contributed by atoms with Crippen LogP contribution in [0.1, 0.15) is 30.1 Å². The zero-order chi connectivity index (χ0) is 15.7. The molecule has 0 bridgehead atoms.